The van der Waals surface area contributed by atoms with E-state index >= 15 is 0 Å². The monoisotopic (exact) mass is 220 g/mol. The highest BCUT2D eigenvalue weighted by Gasteiger charge is 2.01. The Morgan fingerprint density at radius 2 is 1.94 bits per heavy atom. The molecule has 1 amide bonds. The number of hydrazine groups is 1. The van der Waals surface area contributed by atoms with E-state index in [0.29, 0.717) is 5.56 Å². The van der Waals surface area contributed by atoms with Crippen LogP contribution >= 0.6 is 0 Å². The number of nitrogen functional groups attached to an aromatic ring is 1. The third kappa shape index (κ3) is 3.55. The number of carboxylic acids is 1. The zero-order chi connectivity index (χ0) is 12.0. The predicted molar refractivity (Wildman–Crippen MR) is 59.4 cm³/mol. The Hall–Kier alpha value is -2.14. The second kappa shape index (κ2) is 5.67. The van der Waals surface area contributed by atoms with Crippen LogP contribution < -0.4 is 11.3 Å². The maximum Gasteiger partial charge on any atom is 0.307 e. The van der Waals surface area contributed by atoms with Gasteiger partial charge in [0.2, 0.25) is 0 Å². The number of benzene rings is 1. The number of hydrogen-bond donors (Lipinski definition) is 3. The fraction of sp³-hybridized carbons (Fsp3) is 0.0909. The molecule has 0 aromatic heterocycles. The second-order valence-electron chi connectivity index (χ2n) is 3.10. The number of nitrogens with one attached hydrogen (secondary N) is 1. The number of carbonyl (C=O) groups is 2. The first kappa shape index (κ1) is 11.9. The lowest BCUT2D eigenvalue weighted by molar-refractivity contribution is -0.135. The van der Waals surface area contributed by atoms with E-state index in [9.17, 15) is 9.59 Å². The molecule has 0 fully saturated rings. The number of amides is 1. The molecule has 0 heterocycles. The molecule has 1 aromatic rings. The lowest BCUT2D eigenvalue weighted by atomic mass is 10.1. The first-order chi connectivity index (χ1) is 7.63. The van der Waals surface area contributed by atoms with Gasteiger partial charge in [-0.15, -0.1) is 0 Å². The van der Waals surface area contributed by atoms with E-state index in [1.807, 2.05) is 5.43 Å². The summed E-state index contributed by atoms with van der Waals surface area (Å²) in [6.07, 6.45) is 3.20. The van der Waals surface area contributed by atoms with Crippen LogP contribution in [0.2, 0.25) is 0 Å². The third-order valence-corrected chi connectivity index (χ3v) is 1.91. The average Bonchev–Trinajstić information content (AvgIpc) is 2.28. The highest BCUT2D eigenvalue weighted by Crippen LogP contribution is 2.06. The van der Waals surface area contributed by atoms with Crippen molar-refractivity contribution in [1.82, 2.24) is 5.43 Å². The molecule has 0 unspecified atom stereocenters. The van der Waals surface area contributed by atoms with Crippen molar-refractivity contribution < 1.29 is 14.7 Å². The number of rotatable bonds is 4. The summed E-state index contributed by atoms with van der Waals surface area (Å²) in [7, 11) is 0. The topological polar surface area (TPSA) is 92.4 Å². The first-order valence-corrected chi connectivity index (χ1v) is 4.63. The van der Waals surface area contributed by atoms with Crippen LogP contribution in [0.4, 0.5) is 0 Å². The summed E-state index contributed by atoms with van der Waals surface area (Å²) in [5.74, 6) is 3.74. The van der Waals surface area contributed by atoms with Gasteiger partial charge in [-0.25, -0.2) is 5.84 Å². The summed E-state index contributed by atoms with van der Waals surface area (Å²) in [4.78, 5) is 21.3. The Kier molecular flexibility index (Phi) is 4.23. The fourth-order valence-corrected chi connectivity index (χ4v) is 1.12. The van der Waals surface area contributed by atoms with Crippen molar-refractivity contribution >= 4 is 18.0 Å². The van der Waals surface area contributed by atoms with Crippen molar-refractivity contribution in [2.24, 2.45) is 5.84 Å². The Morgan fingerprint density at radius 3 is 2.44 bits per heavy atom. The number of aliphatic carboxylic acids is 1. The number of carboxylic acid groups (broad SMARTS) is 1. The summed E-state index contributed by atoms with van der Waals surface area (Å²) < 4.78 is 0. The molecule has 4 N–H and O–H groups in total. The molecule has 0 aliphatic heterocycles. The molecule has 1 aromatic carbocycles. The molecule has 0 radical (unpaired) electrons. The van der Waals surface area contributed by atoms with Gasteiger partial charge < -0.3 is 5.11 Å². The van der Waals surface area contributed by atoms with Crippen molar-refractivity contribution in [1.29, 1.82) is 0 Å². The van der Waals surface area contributed by atoms with Gasteiger partial charge in [0.05, 0.1) is 6.42 Å². The molecule has 0 atom stereocenters. The van der Waals surface area contributed by atoms with Crippen LogP contribution in [0.3, 0.4) is 0 Å². The molecular weight excluding hydrogens is 208 g/mol. The van der Waals surface area contributed by atoms with Crippen molar-refractivity contribution in [2.75, 3.05) is 0 Å². The van der Waals surface area contributed by atoms with Crippen LogP contribution in [0.25, 0.3) is 6.08 Å². The highest BCUT2D eigenvalue weighted by molar-refractivity contribution is 5.93. The average molecular weight is 220 g/mol. The summed E-state index contributed by atoms with van der Waals surface area (Å²) in [6, 6.07) is 6.65. The molecule has 5 nitrogen and oxygen atoms in total. The van der Waals surface area contributed by atoms with Crippen molar-refractivity contribution in [3.63, 3.8) is 0 Å². The molecular formula is C11H12N2O3. The van der Waals surface area contributed by atoms with Gasteiger partial charge in [-0.1, -0.05) is 24.3 Å². The number of nitrogens with two attached hydrogens (primary N) is 1. The van der Waals surface area contributed by atoms with E-state index < -0.39 is 5.97 Å². The van der Waals surface area contributed by atoms with Gasteiger partial charge >= 0.3 is 5.97 Å². The molecule has 0 aliphatic carbocycles. The minimum Gasteiger partial charge on any atom is -0.481 e. The molecule has 0 aliphatic rings. The van der Waals surface area contributed by atoms with Gasteiger partial charge in [-0.05, 0) is 17.7 Å². The van der Waals surface area contributed by atoms with Crippen LogP contribution in [-0.2, 0) is 4.79 Å². The Morgan fingerprint density at radius 1 is 1.31 bits per heavy atom. The maximum atomic E-state index is 11.1. The quantitative estimate of drug-likeness (QED) is 0.397. The van der Waals surface area contributed by atoms with E-state index in [0.717, 1.165) is 5.56 Å². The summed E-state index contributed by atoms with van der Waals surface area (Å²) in [5, 5.41) is 8.42. The van der Waals surface area contributed by atoms with Crippen molar-refractivity contribution in [3.8, 4) is 0 Å². The second-order valence-corrected chi connectivity index (χ2v) is 3.10. The summed E-state index contributed by atoms with van der Waals surface area (Å²) >= 11 is 0. The molecule has 1 rings (SSSR count). The molecule has 0 spiro atoms. The minimum atomic E-state index is -0.879. The molecule has 5 heteroatoms. The van der Waals surface area contributed by atoms with Gasteiger partial charge in [0.25, 0.3) is 5.91 Å². The van der Waals surface area contributed by atoms with Crippen LogP contribution in [0.15, 0.2) is 30.3 Å². The summed E-state index contributed by atoms with van der Waals surface area (Å²) in [6.45, 7) is 0. The van der Waals surface area contributed by atoms with Crippen LogP contribution in [0.1, 0.15) is 22.3 Å². The number of hydrogen-bond acceptors (Lipinski definition) is 3. The molecule has 0 bridgehead atoms. The van der Waals surface area contributed by atoms with Gasteiger partial charge in [0.1, 0.15) is 0 Å². The van der Waals surface area contributed by atoms with E-state index in [1.54, 1.807) is 36.4 Å². The Bertz CT molecular complexity index is 410. The first-order valence-electron chi connectivity index (χ1n) is 4.63. The van der Waals surface area contributed by atoms with Gasteiger partial charge in [0, 0.05) is 5.56 Å². The lowest BCUT2D eigenvalue weighted by Gasteiger charge is -1.99. The van der Waals surface area contributed by atoms with Gasteiger partial charge in [-0.3, -0.25) is 15.0 Å². The van der Waals surface area contributed by atoms with Gasteiger partial charge in [0.15, 0.2) is 0 Å². The van der Waals surface area contributed by atoms with E-state index in [-0.39, 0.29) is 12.3 Å². The Balaban J connectivity index is 2.68. The van der Waals surface area contributed by atoms with Gasteiger partial charge in [-0.2, -0.15) is 0 Å². The Labute approximate surface area is 92.5 Å². The smallest absolute Gasteiger partial charge is 0.307 e. The van der Waals surface area contributed by atoms with Crippen LogP contribution in [0.5, 0.6) is 0 Å². The molecule has 84 valence electrons. The number of carbonyl (C=O) groups excluding carboxylic acids is 1. The normalized spacial score (nSPS) is 10.3. The largest absolute Gasteiger partial charge is 0.481 e. The highest BCUT2D eigenvalue weighted by atomic mass is 16.4. The SMILES string of the molecule is NNC(=O)c1ccc(C=CCC(=O)O)cc1. The molecule has 16 heavy (non-hydrogen) atoms. The standard InChI is InChI=1S/C11H12N2O3/c12-13-11(16)9-6-4-8(5-7-9)2-1-3-10(14)15/h1-2,4-7H,3,12H2,(H,13,16)(H,14,15). The van der Waals surface area contributed by atoms with Crippen LogP contribution in [-0.4, -0.2) is 17.0 Å². The zero-order valence-corrected chi connectivity index (χ0v) is 8.51. The van der Waals surface area contributed by atoms with Crippen molar-refractivity contribution in [2.45, 2.75) is 6.42 Å². The molecule has 0 saturated heterocycles. The fourth-order valence-electron chi connectivity index (χ4n) is 1.12. The summed E-state index contributed by atoms with van der Waals surface area (Å²) in [5.41, 5.74) is 3.31. The van der Waals surface area contributed by atoms with E-state index in [4.69, 9.17) is 10.9 Å². The lowest BCUT2D eigenvalue weighted by Crippen LogP contribution is -2.29. The zero-order valence-electron chi connectivity index (χ0n) is 8.51. The van der Waals surface area contributed by atoms with E-state index in [1.165, 1.54) is 0 Å². The van der Waals surface area contributed by atoms with E-state index in [2.05, 4.69) is 0 Å². The predicted octanol–water partition coefficient (Wildman–Crippen LogP) is 0.778. The minimum absolute atomic E-state index is 0.0228. The third-order valence-electron chi connectivity index (χ3n) is 1.91. The maximum absolute atomic E-state index is 11.1. The van der Waals surface area contributed by atoms with Crippen molar-refractivity contribution in [3.05, 3.63) is 41.5 Å². The molecule has 0 saturated carbocycles. The van der Waals surface area contributed by atoms with Crippen LogP contribution in [0, 0.1) is 0 Å².